The van der Waals surface area contributed by atoms with E-state index in [-0.39, 0.29) is 12.5 Å². The van der Waals surface area contributed by atoms with Crippen LogP contribution in [0.3, 0.4) is 0 Å². The monoisotopic (exact) mass is 723 g/mol. The van der Waals surface area contributed by atoms with Crippen LogP contribution in [-0.4, -0.2) is 125 Å². The Morgan fingerprint density at radius 3 is 2.37 bits per heavy atom. The number of nitrogens with one attached hydrogen (secondary N) is 2. The van der Waals surface area contributed by atoms with Crippen LogP contribution in [0, 0.1) is 0 Å². The Kier molecular flexibility index (Phi) is 12.5. The highest BCUT2D eigenvalue weighted by atomic mass is 35.5. The normalized spacial score (nSPS) is 19.0. The van der Waals surface area contributed by atoms with Gasteiger partial charge in [0.2, 0.25) is 5.91 Å². The molecule has 3 amide bonds. The Bertz CT molecular complexity index is 1460. The molecular formula is C34H47Cl2N5O8. The van der Waals surface area contributed by atoms with Crippen molar-refractivity contribution in [1.82, 2.24) is 15.5 Å². The lowest BCUT2D eigenvalue weighted by Crippen LogP contribution is -2.53. The molecular weight excluding hydrogens is 677 g/mol. The number of likely N-dealkylation sites (N-methyl/N-ethyl adjacent to an activating group) is 1. The van der Waals surface area contributed by atoms with Gasteiger partial charge < -0.3 is 50.3 Å². The number of ether oxygens (including phenoxy) is 1. The van der Waals surface area contributed by atoms with Gasteiger partial charge in [-0.15, -0.1) is 0 Å². The zero-order chi connectivity index (χ0) is 35.3. The topological polar surface area (TPSA) is 178 Å². The van der Waals surface area contributed by atoms with E-state index < -0.39 is 42.6 Å². The minimum atomic E-state index is -1.76. The molecule has 270 valence electrons. The van der Waals surface area contributed by atoms with Gasteiger partial charge in [0.25, 0.3) is 0 Å². The molecule has 7 N–H and O–H groups in total. The molecule has 0 saturated heterocycles. The van der Waals surface area contributed by atoms with E-state index in [2.05, 4.69) is 21.6 Å². The maximum absolute atomic E-state index is 13.8. The highest BCUT2D eigenvalue weighted by molar-refractivity contribution is 6.34. The van der Waals surface area contributed by atoms with Crippen LogP contribution in [0.4, 0.5) is 16.2 Å². The van der Waals surface area contributed by atoms with Crippen LogP contribution >= 0.6 is 23.2 Å². The van der Waals surface area contributed by atoms with Crippen LogP contribution < -0.4 is 25.2 Å². The third-order valence-corrected chi connectivity index (χ3v) is 10.0. The van der Waals surface area contributed by atoms with Gasteiger partial charge in [-0.2, -0.15) is 0 Å². The molecule has 0 radical (unpaired) electrons. The van der Waals surface area contributed by atoms with Gasteiger partial charge in [0.05, 0.1) is 41.7 Å². The van der Waals surface area contributed by atoms with Gasteiger partial charge >= 0.3 is 6.03 Å². The van der Waals surface area contributed by atoms with Crippen molar-refractivity contribution in [1.29, 1.82) is 0 Å². The summed E-state index contributed by atoms with van der Waals surface area (Å²) >= 11 is 13.2. The van der Waals surface area contributed by atoms with Crippen LogP contribution in [0.15, 0.2) is 36.4 Å². The Labute approximate surface area is 296 Å². The van der Waals surface area contributed by atoms with Crippen LogP contribution in [-0.2, 0) is 11.3 Å². The number of anilines is 2. The second-order valence-electron chi connectivity index (χ2n) is 13.1. The van der Waals surface area contributed by atoms with Crippen LogP contribution in [0.1, 0.15) is 44.1 Å². The third kappa shape index (κ3) is 9.08. The number of amides is 3. The second-order valence-corrected chi connectivity index (χ2v) is 14.0. The molecule has 15 heteroatoms. The summed E-state index contributed by atoms with van der Waals surface area (Å²) in [7, 11) is 1.41. The molecule has 1 heterocycles. The summed E-state index contributed by atoms with van der Waals surface area (Å²) in [5.41, 5.74) is 2.24. The van der Waals surface area contributed by atoms with Crippen molar-refractivity contribution in [3.05, 3.63) is 52.0 Å². The van der Waals surface area contributed by atoms with Gasteiger partial charge in [0, 0.05) is 50.4 Å². The van der Waals surface area contributed by atoms with E-state index in [9.17, 15) is 30.0 Å². The molecule has 1 aliphatic heterocycles. The van der Waals surface area contributed by atoms with E-state index in [1.165, 1.54) is 19.9 Å². The fourth-order valence-electron chi connectivity index (χ4n) is 6.06. The third-order valence-electron chi connectivity index (χ3n) is 9.39. The number of hydrogen-bond donors (Lipinski definition) is 7. The molecule has 2 aromatic carbocycles. The number of rotatable bonds is 17. The van der Waals surface area contributed by atoms with Crippen molar-refractivity contribution in [3.8, 4) is 5.75 Å². The Balaban J connectivity index is 1.04. The maximum Gasteiger partial charge on any atom is 0.317 e. The predicted octanol–water partition coefficient (Wildman–Crippen LogP) is 1.87. The summed E-state index contributed by atoms with van der Waals surface area (Å²) in [6.07, 6.45) is -1.57. The number of aliphatic hydroxyl groups excluding tert-OH is 5. The molecule has 5 rings (SSSR count). The fraction of sp³-hybridized carbons (Fsp3) is 0.588. The van der Waals surface area contributed by atoms with Crippen molar-refractivity contribution in [3.63, 3.8) is 0 Å². The molecule has 2 aromatic rings. The van der Waals surface area contributed by atoms with E-state index in [1.807, 2.05) is 23.1 Å². The van der Waals surface area contributed by atoms with Crippen LogP contribution in [0.25, 0.3) is 0 Å². The van der Waals surface area contributed by atoms with Crippen molar-refractivity contribution in [2.75, 3.05) is 56.2 Å². The summed E-state index contributed by atoms with van der Waals surface area (Å²) in [4.78, 5) is 31.7. The minimum absolute atomic E-state index is 0.0895. The van der Waals surface area contributed by atoms with Gasteiger partial charge in [-0.3, -0.25) is 10.1 Å². The van der Waals surface area contributed by atoms with Crippen molar-refractivity contribution >= 4 is 46.5 Å². The van der Waals surface area contributed by atoms with Crippen molar-refractivity contribution in [2.24, 2.45) is 0 Å². The minimum Gasteiger partial charge on any atom is -0.492 e. The first-order valence-electron chi connectivity index (χ1n) is 16.8. The largest absolute Gasteiger partial charge is 0.492 e. The quantitative estimate of drug-likeness (QED) is 0.119. The van der Waals surface area contributed by atoms with Gasteiger partial charge in [-0.25, -0.2) is 4.79 Å². The number of fused-ring (bicyclic) bond motifs is 1. The molecule has 4 atom stereocenters. The Morgan fingerprint density at radius 2 is 1.69 bits per heavy atom. The SMILES string of the molecule is CN(C[C@H](O)[C@@H](O)[C@H](O)[C@H](O)CO)C(=O)NCCCCOc1cc(Cl)c(CNC2(C(=O)N3CCN(C4CC4)c4ccccc43)CC2)cc1Cl. The molecule has 0 unspecified atom stereocenters. The number of unbranched alkanes of at least 4 members (excludes halogenated alkanes) is 1. The fourth-order valence-corrected chi connectivity index (χ4v) is 6.53. The van der Waals surface area contributed by atoms with Crippen LogP contribution in [0.5, 0.6) is 5.75 Å². The molecule has 13 nitrogen and oxygen atoms in total. The van der Waals surface area contributed by atoms with E-state index in [1.54, 1.807) is 12.1 Å². The van der Waals surface area contributed by atoms with Gasteiger partial charge in [-0.1, -0.05) is 35.3 Å². The number of carbonyl (C=O) groups excluding carboxylic acids is 2. The molecule has 2 aliphatic carbocycles. The number of carbonyl (C=O) groups is 2. The lowest BCUT2D eigenvalue weighted by molar-refractivity contribution is -0.121. The van der Waals surface area contributed by atoms with E-state index in [0.717, 1.165) is 41.2 Å². The number of nitrogens with zero attached hydrogens (tertiary/aromatic N) is 3. The first kappa shape index (κ1) is 37.4. The number of halogens is 2. The standard InChI is InChI=1S/C34H47Cl2N5O8/c1-39(19-27(43)30(45)31(46)28(44)20-42)33(48)37-12-4-5-15-49-29-17-23(35)21(16-24(29)36)18-38-34(10-11-34)32(47)41-14-13-40(22-8-9-22)25-6-2-3-7-26(25)41/h2-3,6-7,16-17,22,27-28,30-31,38,42-46H,4-5,8-15,18-20H2,1H3,(H,37,48)/t27-,28+,30+,31+/m0/s1. The molecule has 49 heavy (non-hydrogen) atoms. The smallest absolute Gasteiger partial charge is 0.317 e. The molecule has 0 aromatic heterocycles. The zero-order valence-electron chi connectivity index (χ0n) is 27.6. The lowest BCUT2D eigenvalue weighted by Gasteiger charge is -2.39. The predicted molar refractivity (Wildman–Crippen MR) is 186 cm³/mol. The average Bonchev–Trinajstić information content (AvgIpc) is 4.04. The average molecular weight is 725 g/mol. The molecule has 2 fully saturated rings. The second kappa shape index (κ2) is 16.4. The van der Waals surface area contributed by atoms with E-state index >= 15 is 0 Å². The van der Waals surface area contributed by atoms with Gasteiger partial charge in [0.15, 0.2) is 0 Å². The summed E-state index contributed by atoms with van der Waals surface area (Å²) in [5, 5.41) is 55.1. The van der Waals surface area contributed by atoms with Gasteiger partial charge in [0.1, 0.15) is 30.2 Å². The van der Waals surface area contributed by atoms with Gasteiger partial charge in [-0.05, 0) is 62.3 Å². The number of hydrogen-bond acceptors (Lipinski definition) is 10. The summed E-state index contributed by atoms with van der Waals surface area (Å²) < 4.78 is 5.85. The lowest BCUT2D eigenvalue weighted by atomic mass is 10.0. The highest BCUT2D eigenvalue weighted by Crippen LogP contribution is 2.44. The van der Waals surface area contributed by atoms with Crippen molar-refractivity contribution in [2.45, 2.75) is 81.1 Å². The molecule has 3 aliphatic rings. The van der Waals surface area contributed by atoms with Crippen LogP contribution in [0.2, 0.25) is 10.0 Å². The number of para-hydroxylation sites is 2. The first-order valence-corrected chi connectivity index (χ1v) is 17.6. The number of urea groups is 1. The summed E-state index contributed by atoms with van der Waals surface area (Å²) in [6.45, 7) is 1.43. The summed E-state index contributed by atoms with van der Waals surface area (Å²) in [6, 6.07) is 11.7. The Hall–Kier alpha value is -2.88. The van der Waals surface area contributed by atoms with Crippen molar-refractivity contribution < 1.29 is 39.9 Å². The van der Waals surface area contributed by atoms with E-state index in [4.69, 9.17) is 33.0 Å². The molecule has 0 bridgehead atoms. The number of benzene rings is 2. The highest BCUT2D eigenvalue weighted by Gasteiger charge is 2.52. The molecule has 0 spiro atoms. The van der Waals surface area contributed by atoms with E-state index in [0.29, 0.717) is 60.9 Å². The molecule has 2 saturated carbocycles. The summed E-state index contributed by atoms with van der Waals surface area (Å²) in [5.74, 6) is 0.522. The maximum atomic E-state index is 13.8. The zero-order valence-corrected chi connectivity index (χ0v) is 29.1. The first-order chi connectivity index (χ1) is 23.5. The Morgan fingerprint density at radius 1 is 1.00 bits per heavy atom. The number of aliphatic hydroxyl groups is 5.